The minimum Gasteiger partial charge on any atom is -0.508 e. The lowest BCUT2D eigenvalue weighted by Gasteiger charge is -2.44. The molecule has 5 rings (SSSR count). The van der Waals surface area contributed by atoms with Crippen LogP contribution in [0.25, 0.3) is 22.3 Å². The Morgan fingerprint density at radius 1 is 1.21 bits per heavy atom. The number of nitrogens with one attached hydrogen (secondary N) is 2. The summed E-state index contributed by atoms with van der Waals surface area (Å²) < 4.78 is 6.04. The molecule has 8 heteroatoms. The summed E-state index contributed by atoms with van der Waals surface area (Å²) in [7, 11) is 0. The zero-order chi connectivity index (χ0) is 19.8. The molecule has 4 heterocycles. The van der Waals surface area contributed by atoms with Crippen molar-refractivity contribution in [2.24, 2.45) is 0 Å². The molecule has 3 aromatic rings. The number of likely N-dealkylation sites (tertiary alicyclic amines) is 1. The van der Waals surface area contributed by atoms with Crippen molar-refractivity contribution in [3.63, 3.8) is 0 Å². The zero-order valence-electron chi connectivity index (χ0n) is 16.0. The Labute approximate surface area is 167 Å². The Morgan fingerprint density at radius 3 is 2.72 bits per heavy atom. The molecule has 3 N–H and O–H groups in total. The number of aromatic amines is 1. The van der Waals surface area contributed by atoms with Gasteiger partial charge in [0.15, 0.2) is 5.65 Å². The van der Waals surface area contributed by atoms with Crippen LogP contribution < -0.4 is 5.32 Å². The Kier molecular flexibility index (Phi) is 4.44. The van der Waals surface area contributed by atoms with E-state index in [1.54, 1.807) is 30.5 Å². The molecule has 0 saturated carbocycles. The number of ether oxygens (including phenoxy) is 1. The van der Waals surface area contributed by atoms with Gasteiger partial charge in [0.25, 0.3) is 5.91 Å². The number of H-pyrrole nitrogens is 1. The summed E-state index contributed by atoms with van der Waals surface area (Å²) in [6.07, 6.45) is 3.31. The van der Waals surface area contributed by atoms with E-state index in [2.05, 4.69) is 20.5 Å². The number of piperidine rings is 1. The van der Waals surface area contributed by atoms with Gasteiger partial charge in [-0.25, -0.2) is 4.98 Å². The van der Waals surface area contributed by atoms with Crippen molar-refractivity contribution >= 4 is 16.9 Å². The fourth-order valence-electron chi connectivity index (χ4n) is 4.20. The third-order valence-electron chi connectivity index (χ3n) is 5.91. The number of phenolic OH excluding ortho intramolecular Hbond substituents is 1. The van der Waals surface area contributed by atoms with Crippen LogP contribution in [0.2, 0.25) is 0 Å². The topological polar surface area (TPSA) is 103 Å². The first kappa shape index (κ1) is 18.1. The molecule has 2 aromatic heterocycles. The molecule has 0 bridgehead atoms. The van der Waals surface area contributed by atoms with Gasteiger partial charge in [-0.05, 0) is 43.2 Å². The summed E-state index contributed by atoms with van der Waals surface area (Å²) in [5, 5.41) is 20.6. The number of carbonyl (C=O) groups excluding carboxylic acids is 1. The van der Waals surface area contributed by atoms with Crippen molar-refractivity contribution in [1.82, 2.24) is 25.4 Å². The van der Waals surface area contributed by atoms with E-state index in [1.807, 2.05) is 11.0 Å². The third-order valence-corrected chi connectivity index (χ3v) is 5.91. The smallest absolute Gasteiger partial charge is 0.254 e. The van der Waals surface area contributed by atoms with Crippen molar-refractivity contribution in [2.75, 3.05) is 32.8 Å². The van der Waals surface area contributed by atoms with Gasteiger partial charge in [-0.15, -0.1) is 0 Å². The molecule has 1 amide bonds. The van der Waals surface area contributed by atoms with Crippen LogP contribution >= 0.6 is 0 Å². The number of amides is 1. The van der Waals surface area contributed by atoms with Gasteiger partial charge in [-0.3, -0.25) is 9.89 Å². The number of phenols is 1. The SMILES string of the molecule is O=C(c1cc(-c2ccc(O)cc2)nc2[nH]ncc12)N1CCC2(CC1)CNCCO2. The lowest BCUT2D eigenvalue weighted by molar-refractivity contribution is -0.0954. The Bertz CT molecular complexity index is 1030. The van der Waals surface area contributed by atoms with Crippen LogP contribution in [0, 0.1) is 0 Å². The first-order valence-electron chi connectivity index (χ1n) is 9.91. The number of nitrogens with zero attached hydrogens (tertiary/aromatic N) is 3. The van der Waals surface area contributed by atoms with Crippen LogP contribution in [0.4, 0.5) is 0 Å². The summed E-state index contributed by atoms with van der Waals surface area (Å²) in [6.45, 7) is 3.79. The van der Waals surface area contributed by atoms with E-state index in [1.165, 1.54) is 0 Å². The second-order valence-corrected chi connectivity index (χ2v) is 7.73. The maximum absolute atomic E-state index is 13.4. The molecule has 150 valence electrons. The predicted molar refractivity (Wildman–Crippen MR) is 108 cm³/mol. The number of aromatic nitrogens is 3. The predicted octanol–water partition coefficient (Wildman–Crippen LogP) is 1.93. The molecule has 2 fully saturated rings. The molecule has 0 aliphatic carbocycles. The highest BCUT2D eigenvalue weighted by atomic mass is 16.5. The minimum absolute atomic E-state index is 0.0163. The Hall–Kier alpha value is -2.97. The molecule has 1 aromatic carbocycles. The lowest BCUT2D eigenvalue weighted by atomic mass is 9.89. The van der Waals surface area contributed by atoms with E-state index < -0.39 is 0 Å². The number of hydrogen-bond donors (Lipinski definition) is 3. The summed E-state index contributed by atoms with van der Waals surface area (Å²) in [4.78, 5) is 19.9. The molecule has 29 heavy (non-hydrogen) atoms. The highest BCUT2D eigenvalue weighted by molar-refractivity contribution is 6.06. The second-order valence-electron chi connectivity index (χ2n) is 7.73. The van der Waals surface area contributed by atoms with Crippen molar-refractivity contribution in [1.29, 1.82) is 0 Å². The van der Waals surface area contributed by atoms with Gasteiger partial charge in [0, 0.05) is 31.7 Å². The van der Waals surface area contributed by atoms with Crippen LogP contribution in [0.1, 0.15) is 23.2 Å². The molecule has 0 unspecified atom stereocenters. The van der Waals surface area contributed by atoms with E-state index in [0.717, 1.165) is 38.1 Å². The van der Waals surface area contributed by atoms with Crippen molar-refractivity contribution in [3.05, 3.63) is 42.1 Å². The number of aromatic hydroxyl groups is 1. The van der Waals surface area contributed by atoms with E-state index in [0.29, 0.717) is 35.4 Å². The quantitative estimate of drug-likeness (QED) is 0.615. The molecule has 2 aliphatic heterocycles. The van der Waals surface area contributed by atoms with Gasteiger partial charge in [0.05, 0.1) is 35.0 Å². The van der Waals surface area contributed by atoms with Crippen molar-refractivity contribution in [2.45, 2.75) is 18.4 Å². The standard InChI is InChI=1S/C21H23N5O3/c27-15-3-1-14(2-4-15)18-11-16(17-12-23-25-19(17)24-18)20(28)26-8-5-21(6-9-26)13-22-7-10-29-21/h1-4,11-12,22,27H,5-10,13H2,(H,23,24,25). The molecular weight excluding hydrogens is 370 g/mol. The van der Waals surface area contributed by atoms with Crippen molar-refractivity contribution in [3.8, 4) is 17.0 Å². The highest BCUT2D eigenvalue weighted by Crippen LogP contribution is 2.30. The number of pyridine rings is 1. The van der Waals surface area contributed by atoms with Gasteiger partial charge in [0.1, 0.15) is 5.75 Å². The number of rotatable bonds is 2. The van der Waals surface area contributed by atoms with Crippen LogP contribution in [-0.2, 0) is 4.74 Å². The van der Waals surface area contributed by atoms with Gasteiger partial charge in [-0.2, -0.15) is 5.10 Å². The van der Waals surface area contributed by atoms with Gasteiger partial charge < -0.3 is 20.1 Å². The van der Waals surface area contributed by atoms with Gasteiger partial charge in [0.2, 0.25) is 0 Å². The van der Waals surface area contributed by atoms with Crippen LogP contribution in [0.3, 0.4) is 0 Å². The van der Waals surface area contributed by atoms with Crippen LogP contribution in [0.5, 0.6) is 5.75 Å². The number of carbonyl (C=O) groups is 1. The van der Waals surface area contributed by atoms with E-state index in [4.69, 9.17) is 4.74 Å². The fraction of sp³-hybridized carbons (Fsp3) is 0.381. The van der Waals surface area contributed by atoms with Gasteiger partial charge in [-0.1, -0.05) is 0 Å². The molecule has 2 aliphatic rings. The summed E-state index contributed by atoms with van der Waals surface area (Å²) in [6, 6.07) is 8.60. The fourth-order valence-corrected chi connectivity index (χ4v) is 4.20. The zero-order valence-corrected chi connectivity index (χ0v) is 16.0. The van der Waals surface area contributed by atoms with Crippen molar-refractivity contribution < 1.29 is 14.6 Å². The maximum atomic E-state index is 13.4. The largest absolute Gasteiger partial charge is 0.508 e. The molecule has 0 atom stereocenters. The lowest BCUT2D eigenvalue weighted by Crippen LogP contribution is -2.56. The van der Waals surface area contributed by atoms with Crippen LogP contribution in [-0.4, -0.2) is 69.5 Å². The monoisotopic (exact) mass is 393 g/mol. The van der Waals surface area contributed by atoms with E-state index in [9.17, 15) is 9.90 Å². The minimum atomic E-state index is -0.143. The van der Waals surface area contributed by atoms with E-state index in [-0.39, 0.29) is 17.3 Å². The molecule has 8 nitrogen and oxygen atoms in total. The molecular formula is C21H23N5O3. The number of hydrogen-bond acceptors (Lipinski definition) is 6. The number of benzene rings is 1. The first-order valence-corrected chi connectivity index (χ1v) is 9.91. The second kappa shape index (κ2) is 7.13. The maximum Gasteiger partial charge on any atom is 0.254 e. The summed E-state index contributed by atoms with van der Waals surface area (Å²) in [5.74, 6) is 0.173. The molecule has 1 spiro atoms. The summed E-state index contributed by atoms with van der Waals surface area (Å²) in [5.41, 5.74) is 2.51. The Balaban J connectivity index is 1.44. The number of fused-ring (bicyclic) bond motifs is 1. The average molecular weight is 393 g/mol. The summed E-state index contributed by atoms with van der Waals surface area (Å²) >= 11 is 0. The van der Waals surface area contributed by atoms with Crippen LogP contribution in [0.15, 0.2) is 36.5 Å². The average Bonchev–Trinajstić information content (AvgIpc) is 3.23. The third kappa shape index (κ3) is 3.34. The number of morpholine rings is 1. The normalized spacial score (nSPS) is 19.0. The van der Waals surface area contributed by atoms with Gasteiger partial charge >= 0.3 is 0 Å². The Morgan fingerprint density at radius 2 is 2.00 bits per heavy atom. The van der Waals surface area contributed by atoms with E-state index >= 15 is 0 Å². The first-order chi connectivity index (χ1) is 14.1. The molecule has 2 saturated heterocycles. The molecule has 0 radical (unpaired) electrons. The highest BCUT2D eigenvalue weighted by Gasteiger charge is 2.38.